The van der Waals surface area contributed by atoms with Crippen molar-refractivity contribution in [3.63, 3.8) is 0 Å². The average molecular weight is 284 g/mol. The third kappa shape index (κ3) is 3.46. The number of hydrogen-bond acceptors (Lipinski definition) is 4. The van der Waals surface area contributed by atoms with Gasteiger partial charge in [0.25, 0.3) is 0 Å². The van der Waals surface area contributed by atoms with Crippen molar-refractivity contribution in [2.24, 2.45) is 0 Å². The molecule has 0 aliphatic carbocycles. The van der Waals surface area contributed by atoms with Gasteiger partial charge in [-0.3, -0.25) is 0 Å². The Morgan fingerprint density at radius 2 is 2.10 bits per heavy atom. The number of thioether (sulfide) groups is 1. The summed E-state index contributed by atoms with van der Waals surface area (Å²) in [4.78, 5) is 1.23. The molecule has 0 unspecified atom stereocenters. The summed E-state index contributed by atoms with van der Waals surface area (Å²) in [6, 6.07) is 16.0. The van der Waals surface area contributed by atoms with Gasteiger partial charge in [-0.2, -0.15) is 5.26 Å². The molecule has 4 heteroatoms. The zero-order valence-corrected chi connectivity index (χ0v) is 12.3. The molecule has 0 saturated carbocycles. The molecule has 0 saturated heterocycles. The van der Waals surface area contributed by atoms with Crippen LogP contribution in [0.1, 0.15) is 11.1 Å². The molecule has 3 nitrogen and oxygen atoms in total. The normalized spacial score (nSPS) is 9.85. The first-order chi connectivity index (χ1) is 9.76. The number of hydrogen-bond donors (Lipinski definition) is 1. The maximum Gasteiger partial charge on any atom is 0.136 e. The van der Waals surface area contributed by atoms with Gasteiger partial charge < -0.3 is 10.1 Å². The van der Waals surface area contributed by atoms with Crippen molar-refractivity contribution in [3.8, 4) is 11.8 Å². The SMILES string of the molecule is COc1cc(CNc2cccc(SC)c2)ccc1C#N. The highest BCUT2D eigenvalue weighted by molar-refractivity contribution is 7.98. The second-order valence-electron chi connectivity index (χ2n) is 4.23. The molecule has 0 aliphatic heterocycles. The van der Waals surface area contributed by atoms with Crippen molar-refractivity contribution < 1.29 is 4.74 Å². The van der Waals surface area contributed by atoms with Crippen molar-refractivity contribution >= 4 is 17.4 Å². The number of rotatable bonds is 5. The van der Waals surface area contributed by atoms with Gasteiger partial charge in [-0.15, -0.1) is 11.8 Å². The Bertz CT molecular complexity index is 635. The summed E-state index contributed by atoms with van der Waals surface area (Å²) in [5.74, 6) is 0.615. The summed E-state index contributed by atoms with van der Waals surface area (Å²) < 4.78 is 5.21. The van der Waals surface area contributed by atoms with E-state index in [-0.39, 0.29) is 0 Å². The van der Waals surface area contributed by atoms with E-state index >= 15 is 0 Å². The molecule has 2 aromatic carbocycles. The fourth-order valence-corrected chi connectivity index (χ4v) is 2.33. The fourth-order valence-electron chi connectivity index (χ4n) is 1.88. The largest absolute Gasteiger partial charge is 0.495 e. The molecule has 0 amide bonds. The highest BCUT2D eigenvalue weighted by Crippen LogP contribution is 2.22. The molecule has 2 aromatic rings. The molecular formula is C16H16N2OS. The van der Waals surface area contributed by atoms with Gasteiger partial charge in [-0.25, -0.2) is 0 Å². The van der Waals surface area contributed by atoms with Gasteiger partial charge in [-0.05, 0) is 42.2 Å². The highest BCUT2D eigenvalue weighted by Gasteiger charge is 2.03. The third-order valence-electron chi connectivity index (χ3n) is 2.95. The van der Waals surface area contributed by atoms with E-state index in [1.54, 1.807) is 24.9 Å². The Morgan fingerprint density at radius 3 is 2.80 bits per heavy atom. The summed E-state index contributed by atoms with van der Waals surface area (Å²) >= 11 is 1.72. The van der Waals surface area contributed by atoms with Crippen molar-refractivity contribution in [2.75, 3.05) is 18.7 Å². The molecule has 2 rings (SSSR count). The molecule has 0 aliphatic rings. The van der Waals surface area contributed by atoms with Crippen molar-refractivity contribution in [2.45, 2.75) is 11.4 Å². The van der Waals surface area contributed by atoms with Crippen LogP contribution in [0.3, 0.4) is 0 Å². The van der Waals surface area contributed by atoms with E-state index in [1.165, 1.54) is 4.90 Å². The van der Waals surface area contributed by atoms with Gasteiger partial charge in [0.15, 0.2) is 0 Å². The summed E-state index contributed by atoms with van der Waals surface area (Å²) in [5.41, 5.74) is 2.72. The zero-order valence-electron chi connectivity index (χ0n) is 11.5. The van der Waals surface area contributed by atoms with Crippen LogP contribution in [-0.4, -0.2) is 13.4 Å². The number of methoxy groups -OCH3 is 1. The van der Waals surface area contributed by atoms with E-state index in [4.69, 9.17) is 10.00 Å². The predicted octanol–water partition coefficient (Wildman–Crippen LogP) is 3.90. The number of ether oxygens (including phenoxy) is 1. The molecule has 0 bridgehead atoms. The first-order valence-corrected chi connectivity index (χ1v) is 7.44. The van der Waals surface area contributed by atoms with Crippen LogP contribution in [0.25, 0.3) is 0 Å². The Morgan fingerprint density at radius 1 is 1.25 bits per heavy atom. The average Bonchev–Trinajstić information content (AvgIpc) is 2.52. The van der Waals surface area contributed by atoms with E-state index in [2.05, 4.69) is 29.8 Å². The van der Waals surface area contributed by atoms with Crippen LogP contribution in [0.5, 0.6) is 5.75 Å². The van der Waals surface area contributed by atoms with Gasteiger partial charge in [0.05, 0.1) is 12.7 Å². The summed E-state index contributed by atoms with van der Waals surface area (Å²) in [5, 5.41) is 12.3. The number of nitrogens with zero attached hydrogens (tertiary/aromatic N) is 1. The van der Waals surface area contributed by atoms with Gasteiger partial charge in [0.2, 0.25) is 0 Å². The van der Waals surface area contributed by atoms with Crippen molar-refractivity contribution in [1.82, 2.24) is 0 Å². The molecule has 0 heterocycles. The van der Waals surface area contributed by atoms with Crippen LogP contribution < -0.4 is 10.1 Å². The molecule has 0 spiro atoms. The lowest BCUT2D eigenvalue weighted by Gasteiger charge is -2.09. The smallest absolute Gasteiger partial charge is 0.136 e. The lowest BCUT2D eigenvalue weighted by molar-refractivity contribution is 0.413. The Hall–Kier alpha value is -2.12. The Kier molecular flexibility index (Phi) is 4.91. The van der Waals surface area contributed by atoms with E-state index < -0.39 is 0 Å². The second-order valence-corrected chi connectivity index (χ2v) is 5.11. The summed E-state index contributed by atoms with van der Waals surface area (Å²) in [6.07, 6.45) is 2.06. The van der Waals surface area contributed by atoms with Crippen LogP contribution >= 0.6 is 11.8 Å². The molecule has 0 aromatic heterocycles. The molecule has 102 valence electrons. The lowest BCUT2D eigenvalue weighted by atomic mass is 10.1. The van der Waals surface area contributed by atoms with Gasteiger partial charge in [0.1, 0.15) is 11.8 Å². The van der Waals surface area contributed by atoms with Crippen LogP contribution in [0.15, 0.2) is 47.4 Å². The van der Waals surface area contributed by atoms with Crippen LogP contribution in [0.2, 0.25) is 0 Å². The van der Waals surface area contributed by atoms with Gasteiger partial charge >= 0.3 is 0 Å². The lowest BCUT2D eigenvalue weighted by Crippen LogP contribution is -2.00. The Labute approximate surface area is 123 Å². The van der Waals surface area contributed by atoms with Gasteiger partial charge in [0, 0.05) is 17.1 Å². The highest BCUT2D eigenvalue weighted by atomic mass is 32.2. The number of nitrogens with one attached hydrogen (secondary N) is 1. The molecule has 0 fully saturated rings. The summed E-state index contributed by atoms with van der Waals surface area (Å²) in [7, 11) is 1.58. The standard InChI is InChI=1S/C16H16N2OS/c1-19-16-8-12(6-7-13(16)10-17)11-18-14-4-3-5-15(9-14)20-2/h3-9,18H,11H2,1-2H3. The third-order valence-corrected chi connectivity index (χ3v) is 3.68. The molecule has 0 atom stereocenters. The van der Waals surface area contributed by atoms with Crippen LogP contribution in [0, 0.1) is 11.3 Å². The maximum absolute atomic E-state index is 8.96. The molecule has 0 radical (unpaired) electrons. The quantitative estimate of drug-likeness (QED) is 0.846. The van der Waals surface area contributed by atoms with Gasteiger partial charge in [-0.1, -0.05) is 12.1 Å². The minimum Gasteiger partial charge on any atom is -0.495 e. The van der Waals surface area contributed by atoms with E-state index in [0.29, 0.717) is 17.9 Å². The van der Waals surface area contributed by atoms with Crippen LogP contribution in [0.4, 0.5) is 5.69 Å². The minimum atomic E-state index is 0.556. The predicted molar refractivity (Wildman–Crippen MR) is 83.3 cm³/mol. The Balaban J connectivity index is 2.09. The zero-order chi connectivity index (χ0) is 14.4. The number of benzene rings is 2. The monoisotopic (exact) mass is 284 g/mol. The van der Waals surface area contributed by atoms with Crippen LogP contribution in [-0.2, 0) is 6.54 Å². The molecular weight excluding hydrogens is 268 g/mol. The van der Waals surface area contributed by atoms with E-state index in [0.717, 1.165) is 11.3 Å². The second kappa shape index (κ2) is 6.88. The van der Waals surface area contributed by atoms with E-state index in [9.17, 15) is 0 Å². The number of nitriles is 1. The fraction of sp³-hybridized carbons (Fsp3) is 0.188. The van der Waals surface area contributed by atoms with Crippen molar-refractivity contribution in [3.05, 3.63) is 53.6 Å². The first-order valence-electron chi connectivity index (χ1n) is 6.21. The topological polar surface area (TPSA) is 45.0 Å². The summed E-state index contributed by atoms with van der Waals surface area (Å²) in [6.45, 7) is 0.694. The minimum absolute atomic E-state index is 0.556. The number of anilines is 1. The first kappa shape index (κ1) is 14.3. The molecule has 20 heavy (non-hydrogen) atoms. The molecule has 1 N–H and O–H groups in total. The maximum atomic E-state index is 8.96. The van der Waals surface area contributed by atoms with E-state index in [1.807, 2.05) is 24.3 Å². The van der Waals surface area contributed by atoms with Crippen molar-refractivity contribution in [1.29, 1.82) is 5.26 Å².